The molecule has 0 saturated heterocycles. The van der Waals surface area contributed by atoms with E-state index < -0.39 is 0 Å². The lowest BCUT2D eigenvalue weighted by Crippen LogP contribution is -2.24. The molecule has 150 valence electrons. The molecule has 0 unspecified atom stereocenters. The summed E-state index contributed by atoms with van der Waals surface area (Å²) in [7, 11) is 1.80. The number of benzene rings is 2. The summed E-state index contributed by atoms with van der Waals surface area (Å²) in [5.41, 5.74) is 5.72. The molecule has 0 aliphatic rings. The largest absolute Gasteiger partial charge is 0.338 e. The van der Waals surface area contributed by atoms with Crippen LogP contribution in [-0.4, -0.2) is 32.6 Å². The number of aromatic nitrogens is 3. The van der Waals surface area contributed by atoms with Gasteiger partial charge in [0.25, 0.3) is 0 Å². The van der Waals surface area contributed by atoms with Crippen LogP contribution in [0.15, 0.2) is 72.8 Å². The maximum atomic E-state index is 12.7. The number of hydrogen-bond acceptors (Lipinski definition) is 3. The molecule has 4 aromatic rings. The Bertz CT molecular complexity index is 1220. The van der Waals surface area contributed by atoms with E-state index in [0.29, 0.717) is 6.54 Å². The average molecular weight is 396 g/mol. The van der Waals surface area contributed by atoms with Crippen molar-refractivity contribution in [1.82, 2.24) is 19.7 Å². The van der Waals surface area contributed by atoms with Crippen molar-refractivity contribution >= 4 is 22.9 Å². The van der Waals surface area contributed by atoms with Crippen LogP contribution in [0.5, 0.6) is 0 Å². The van der Waals surface area contributed by atoms with E-state index in [1.807, 2.05) is 85.3 Å². The first-order chi connectivity index (χ1) is 14.5. The Morgan fingerprint density at radius 3 is 2.53 bits per heavy atom. The first-order valence-corrected chi connectivity index (χ1v) is 9.92. The summed E-state index contributed by atoms with van der Waals surface area (Å²) < 4.78 is 1.93. The fraction of sp³-hybridized carbons (Fsp3) is 0.160. The van der Waals surface area contributed by atoms with E-state index >= 15 is 0 Å². The fourth-order valence-corrected chi connectivity index (χ4v) is 3.50. The normalized spacial score (nSPS) is 11.3. The van der Waals surface area contributed by atoms with E-state index in [1.165, 1.54) is 0 Å². The van der Waals surface area contributed by atoms with Crippen LogP contribution in [0, 0.1) is 13.8 Å². The zero-order valence-corrected chi connectivity index (χ0v) is 17.4. The van der Waals surface area contributed by atoms with Gasteiger partial charge in [-0.05, 0) is 44.2 Å². The summed E-state index contributed by atoms with van der Waals surface area (Å²) in [4.78, 5) is 19.0. The van der Waals surface area contributed by atoms with Gasteiger partial charge in [0.2, 0.25) is 5.91 Å². The lowest BCUT2D eigenvalue weighted by Gasteiger charge is -2.15. The number of para-hydroxylation sites is 2. The predicted molar refractivity (Wildman–Crippen MR) is 120 cm³/mol. The van der Waals surface area contributed by atoms with Crippen LogP contribution in [0.4, 0.5) is 0 Å². The summed E-state index contributed by atoms with van der Waals surface area (Å²) in [5.74, 6) is -0.0729. The molecule has 30 heavy (non-hydrogen) atoms. The van der Waals surface area contributed by atoms with E-state index in [2.05, 4.69) is 10.1 Å². The number of pyridine rings is 1. The number of hydrogen-bond donors (Lipinski definition) is 0. The van der Waals surface area contributed by atoms with Gasteiger partial charge in [-0.3, -0.25) is 4.79 Å². The molecule has 1 amide bonds. The van der Waals surface area contributed by atoms with Crippen LogP contribution in [0.1, 0.15) is 22.6 Å². The third kappa shape index (κ3) is 4.01. The maximum Gasteiger partial charge on any atom is 0.246 e. The number of carbonyl (C=O) groups excluding carboxylic acids is 1. The van der Waals surface area contributed by atoms with E-state index in [-0.39, 0.29) is 5.91 Å². The lowest BCUT2D eigenvalue weighted by atomic mass is 10.1. The summed E-state index contributed by atoms with van der Waals surface area (Å²) in [6.07, 6.45) is 3.34. The van der Waals surface area contributed by atoms with Crippen molar-refractivity contribution < 1.29 is 4.79 Å². The maximum absolute atomic E-state index is 12.7. The molecule has 2 aromatic carbocycles. The fourth-order valence-electron chi connectivity index (χ4n) is 3.50. The molecular formula is C25H24N4O. The molecule has 2 aromatic heterocycles. The number of likely N-dealkylation sites (N-methyl/N-ethyl adjacent to an activating group) is 1. The van der Waals surface area contributed by atoms with Gasteiger partial charge < -0.3 is 4.90 Å². The number of rotatable bonds is 5. The number of nitrogens with zero attached hydrogens (tertiary/aromatic N) is 4. The minimum atomic E-state index is -0.0729. The smallest absolute Gasteiger partial charge is 0.246 e. The van der Waals surface area contributed by atoms with Crippen molar-refractivity contribution in [3.05, 3.63) is 95.5 Å². The Balaban J connectivity index is 1.49. The van der Waals surface area contributed by atoms with Gasteiger partial charge in [-0.25, -0.2) is 9.67 Å². The topological polar surface area (TPSA) is 51.0 Å². The number of amides is 1. The Kier molecular flexibility index (Phi) is 5.44. The molecule has 0 bridgehead atoms. The quantitative estimate of drug-likeness (QED) is 0.459. The lowest BCUT2D eigenvalue weighted by molar-refractivity contribution is -0.125. The summed E-state index contributed by atoms with van der Waals surface area (Å²) in [5, 5.41) is 5.75. The van der Waals surface area contributed by atoms with Crippen LogP contribution in [-0.2, 0) is 11.3 Å². The summed E-state index contributed by atoms with van der Waals surface area (Å²) >= 11 is 0. The molecule has 5 heteroatoms. The van der Waals surface area contributed by atoms with E-state index in [1.54, 1.807) is 24.1 Å². The standard InChI is InChI=1S/C25H24N4O/c1-18-23(19(2)29(27-18)22-10-5-4-6-11-22)17-28(3)25(30)16-15-21-14-13-20-9-7-8-12-24(20)26-21/h4-16H,17H2,1-3H3. The molecular weight excluding hydrogens is 372 g/mol. The van der Waals surface area contributed by atoms with Gasteiger partial charge >= 0.3 is 0 Å². The van der Waals surface area contributed by atoms with Crippen LogP contribution in [0.3, 0.4) is 0 Å². The van der Waals surface area contributed by atoms with Gasteiger partial charge in [0.1, 0.15) is 0 Å². The summed E-state index contributed by atoms with van der Waals surface area (Å²) in [6.45, 7) is 4.52. The minimum absolute atomic E-state index is 0.0729. The van der Waals surface area contributed by atoms with Gasteiger partial charge in [0.05, 0.1) is 22.6 Å². The molecule has 0 aliphatic carbocycles. The van der Waals surface area contributed by atoms with E-state index in [9.17, 15) is 4.79 Å². The molecule has 0 saturated carbocycles. The zero-order valence-electron chi connectivity index (χ0n) is 17.4. The van der Waals surface area contributed by atoms with Gasteiger partial charge in [-0.1, -0.05) is 42.5 Å². The second-order valence-corrected chi connectivity index (χ2v) is 7.35. The van der Waals surface area contributed by atoms with Crippen molar-refractivity contribution in [3.63, 3.8) is 0 Å². The monoisotopic (exact) mass is 396 g/mol. The second-order valence-electron chi connectivity index (χ2n) is 7.35. The van der Waals surface area contributed by atoms with Crippen molar-refractivity contribution in [2.75, 3.05) is 7.05 Å². The molecule has 2 heterocycles. The SMILES string of the molecule is Cc1nn(-c2ccccc2)c(C)c1CN(C)C(=O)C=Cc1ccc2ccccc2n1. The van der Waals surface area contributed by atoms with Crippen molar-refractivity contribution in [3.8, 4) is 5.69 Å². The molecule has 0 spiro atoms. The third-order valence-corrected chi connectivity index (χ3v) is 5.23. The van der Waals surface area contributed by atoms with E-state index in [4.69, 9.17) is 0 Å². The Hall–Kier alpha value is -3.73. The Labute approximate surface area is 176 Å². The summed E-state index contributed by atoms with van der Waals surface area (Å²) in [6, 6.07) is 21.9. The van der Waals surface area contributed by atoms with E-state index in [0.717, 1.165) is 39.2 Å². The molecule has 0 aliphatic heterocycles. The van der Waals surface area contributed by atoms with Crippen LogP contribution in [0.2, 0.25) is 0 Å². The molecule has 0 atom stereocenters. The second kappa shape index (κ2) is 8.33. The van der Waals surface area contributed by atoms with Crippen molar-refractivity contribution in [1.29, 1.82) is 0 Å². The first-order valence-electron chi connectivity index (χ1n) is 9.92. The molecule has 0 fully saturated rings. The highest BCUT2D eigenvalue weighted by molar-refractivity contribution is 5.91. The number of aryl methyl sites for hydroxylation is 1. The van der Waals surface area contributed by atoms with Gasteiger partial charge in [0.15, 0.2) is 0 Å². The number of fused-ring (bicyclic) bond motifs is 1. The van der Waals surface area contributed by atoms with Gasteiger partial charge in [0, 0.05) is 36.3 Å². The Morgan fingerprint density at radius 1 is 1.00 bits per heavy atom. The average Bonchev–Trinajstić information content (AvgIpc) is 3.06. The first kappa shape index (κ1) is 19.6. The van der Waals surface area contributed by atoms with Crippen molar-refractivity contribution in [2.24, 2.45) is 0 Å². The molecule has 0 radical (unpaired) electrons. The zero-order chi connectivity index (χ0) is 21.1. The van der Waals surface area contributed by atoms with Crippen LogP contribution in [0.25, 0.3) is 22.7 Å². The highest BCUT2D eigenvalue weighted by Crippen LogP contribution is 2.19. The third-order valence-electron chi connectivity index (χ3n) is 5.23. The van der Waals surface area contributed by atoms with Crippen LogP contribution >= 0.6 is 0 Å². The minimum Gasteiger partial charge on any atom is -0.338 e. The Morgan fingerprint density at radius 2 is 1.73 bits per heavy atom. The highest BCUT2D eigenvalue weighted by Gasteiger charge is 2.16. The number of carbonyl (C=O) groups is 1. The van der Waals surface area contributed by atoms with Crippen molar-refractivity contribution in [2.45, 2.75) is 20.4 Å². The highest BCUT2D eigenvalue weighted by atomic mass is 16.2. The molecule has 5 nitrogen and oxygen atoms in total. The predicted octanol–water partition coefficient (Wildman–Crippen LogP) is 4.71. The van der Waals surface area contributed by atoms with Crippen LogP contribution < -0.4 is 0 Å². The van der Waals surface area contributed by atoms with Gasteiger partial charge in [-0.2, -0.15) is 5.10 Å². The van der Waals surface area contributed by atoms with Gasteiger partial charge in [-0.15, -0.1) is 0 Å². The molecule has 4 rings (SSSR count). The molecule has 0 N–H and O–H groups in total.